The Hall–Kier alpha value is -1.31. The number of hydrogen-bond acceptors (Lipinski definition) is 2. The van der Waals surface area contributed by atoms with E-state index in [4.69, 9.17) is 4.74 Å². The number of methoxy groups -OCH3 is 1. The fraction of sp³-hybridized carbons (Fsp3) is 0.562. The van der Waals surface area contributed by atoms with E-state index in [1.807, 2.05) is 25.1 Å². The van der Waals surface area contributed by atoms with Crippen molar-refractivity contribution in [2.24, 2.45) is 11.8 Å². The Bertz CT molecular complexity index is 408. The predicted molar refractivity (Wildman–Crippen MR) is 75.3 cm³/mol. The van der Waals surface area contributed by atoms with Crippen LogP contribution in [0.2, 0.25) is 0 Å². The van der Waals surface area contributed by atoms with Gasteiger partial charge in [0.2, 0.25) is 0 Å². The van der Waals surface area contributed by atoms with Gasteiger partial charge in [0.05, 0.1) is 12.7 Å². The monoisotopic (exact) mass is 248 g/mol. The highest BCUT2D eigenvalue weighted by atomic mass is 16.5. The quantitative estimate of drug-likeness (QED) is 0.703. The summed E-state index contributed by atoms with van der Waals surface area (Å²) in [4.78, 5) is 12.2. The van der Waals surface area contributed by atoms with E-state index in [1.54, 1.807) is 7.11 Å². The molecule has 100 valence electrons. The molecule has 0 saturated heterocycles. The summed E-state index contributed by atoms with van der Waals surface area (Å²) in [7, 11) is 1.61. The number of Topliss-reactive ketones (excluding diaryl/α,β-unsaturated/α-hetero) is 1. The van der Waals surface area contributed by atoms with Crippen LogP contribution in [0, 0.1) is 18.8 Å². The summed E-state index contributed by atoms with van der Waals surface area (Å²) in [5, 5.41) is 0. The zero-order chi connectivity index (χ0) is 13.7. The minimum Gasteiger partial charge on any atom is -0.496 e. The maximum absolute atomic E-state index is 12.2. The van der Waals surface area contributed by atoms with E-state index in [2.05, 4.69) is 20.8 Å². The number of benzene rings is 1. The Labute approximate surface area is 110 Å². The van der Waals surface area contributed by atoms with Crippen LogP contribution in [0.15, 0.2) is 18.2 Å². The molecule has 0 amide bonds. The molecule has 0 spiro atoms. The van der Waals surface area contributed by atoms with Crippen molar-refractivity contribution < 1.29 is 9.53 Å². The largest absolute Gasteiger partial charge is 0.496 e. The van der Waals surface area contributed by atoms with Crippen LogP contribution in [-0.4, -0.2) is 12.9 Å². The lowest BCUT2D eigenvalue weighted by Gasteiger charge is -2.14. The lowest BCUT2D eigenvalue weighted by molar-refractivity contribution is 0.0957. The number of aryl methyl sites for hydroxylation is 1. The van der Waals surface area contributed by atoms with Gasteiger partial charge in [0.15, 0.2) is 5.78 Å². The zero-order valence-corrected chi connectivity index (χ0v) is 12.1. The minimum atomic E-state index is 0.181. The van der Waals surface area contributed by atoms with Crippen LogP contribution < -0.4 is 4.74 Å². The fourth-order valence-electron chi connectivity index (χ4n) is 2.34. The second kappa shape index (κ2) is 6.58. The van der Waals surface area contributed by atoms with Crippen molar-refractivity contribution in [2.75, 3.05) is 7.11 Å². The van der Waals surface area contributed by atoms with Crippen LogP contribution in [0.3, 0.4) is 0 Å². The third-order valence-corrected chi connectivity index (χ3v) is 3.07. The smallest absolute Gasteiger partial charge is 0.166 e. The molecule has 2 heteroatoms. The summed E-state index contributed by atoms with van der Waals surface area (Å²) < 4.78 is 5.29. The lowest BCUT2D eigenvalue weighted by atomic mass is 9.92. The Kier molecular flexibility index (Phi) is 5.39. The molecule has 0 heterocycles. The average Bonchev–Trinajstić information content (AvgIpc) is 2.27. The van der Waals surface area contributed by atoms with E-state index in [-0.39, 0.29) is 5.78 Å². The van der Waals surface area contributed by atoms with Gasteiger partial charge in [-0.25, -0.2) is 0 Å². The molecule has 0 saturated carbocycles. The van der Waals surface area contributed by atoms with Crippen LogP contribution in [-0.2, 0) is 0 Å². The summed E-state index contributed by atoms with van der Waals surface area (Å²) >= 11 is 0. The topological polar surface area (TPSA) is 26.3 Å². The molecule has 0 fully saturated rings. The van der Waals surface area contributed by atoms with Gasteiger partial charge >= 0.3 is 0 Å². The average molecular weight is 248 g/mol. The Morgan fingerprint density at radius 3 is 2.50 bits per heavy atom. The summed E-state index contributed by atoms with van der Waals surface area (Å²) in [5.41, 5.74) is 1.82. The highest BCUT2D eigenvalue weighted by molar-refractivity contribution is 5.98. The minimum absolute atomic E-state index is 0.181. The van der Waals surface area contributed by atoms with Gasteiger partial charge in [-0.2, -0.15) is 0 Å². The van der Waals surface area contributed by atoms with Crippen LogP contribution in [0.1, 0.15) is 49.5 Å². The first kappa shape index (κ1) is 14.7. The molecule has 1 atom stereocenters. The fourth-order valence-corrected chi connectivity index (χ4v) is 2.34. The molecule has 0 radical (unpaired) electrons. The highest BCUT2D eigenvalue weighted by Crippen LogP contribution is 2.24. The summed E-state index contributed by atoms with van der Waals surface area (Å²) in [6, 6.07) is 5.75. The van der Waals surface area contributed by atoms with Gasteiger partial charge in [0.1, 0.15) is 5.75 Å². The van der Waals surface area contributed by atoms with E-state index in [0.717, 1.165) is 12.0 Å². The number of hydrogen-bond donors (Lipinski definition) is 0. The van der Waals surface area contributed by atoms with E-state index >= 15 is 0 Å². The summed E-state index contributed by atoms with van der Waals surface area (Å²) in [5.74, 6) is 1.92. The van der Waals surface area contributed by atoms with E-state index in [9.17, 15) is 4.79 Å². The lowest BCUT2D eigenvalue weighted by Crippen LogP contribution is -2.09. The Morgan fingerprint density at radius 1 is 1.28 bits per heavy atom. The van der Waals surface area contributed by atoms with E-state index in [1.165, 1.54) is 0 Å². The van der Waals surface area contributed by atoms with Crippen molar-refractivity contribution in [1.29, 1.82) is 0 Å². The number of ether oxygens (including phenoxy) is 1. The van der Waals surface area contributed by atoms with Crippen molar-refractivity contribution in [1.82, 2.24) is 0 Å². The van der Waals surface area contributed by atoms with Crippen molar-refractivity contribution in [3.8, 4) is 5.75 Å². The zero-order valence-electron chi connectivity index (χ0n) is 12.1. The van der Waals surface area contributed by atoms with Crippen LogP contribution in [0.25, 0.3) is 0 Å². The Morgan fingerprint density at radius 2 is 1.94 bits per heavy atom. The third kappa shape index (κ3) is 4.17. The molecule has 2 nitrogen and oxygen atoms in total. The molecule has 0 aliphatic carbocycles. The normalized spacial score (nSPS) is 12.6. The SMILES string of the molecule is COc1cc(C)ccc1C(=O)CC(C)CC(C)C. The molecule has 0 aromatic heterocycles. The number of ketones is 1. The van der Waals surface area contributed by atoms with Gasteiger partial charge in [-0.1, -0.05) is 26.8 Å². The van der Waals surface area contributed by atoms with Gasteiger partial charge in [-0.05, 0) is 42.9 Å². The standard InChI is InChI=1S/C16H24O2/c1-11(2)8-13(4)9-15(17)14-7-6-12(3)10-16(14)18-5/h6-7,10-11,13H,8-9H2,1-5H3. The Balaban J connectivity index is 2.78. The molecule has 1 aromatic carbocycles. The maximum atomic E-state index is 12.2. The molecule has 1 unspecified atom stereocenters. The first-order valence-corrected chi connectivity index (χ1v) is 6.61. The van der Waals surface area contributed by atoms with Crippen LogP contribution in [0.5, 0.6) is 5.75 Å². The molecular weight excluding hydrogens is 224 g/mol. The molecule has 0 aliphatic heterocycles. The van der Waals surface area contributed by atoms with Crippen LogP contribution in [0.4, 0.5) is 0 Å². The van der Waals surface area contributed by atoms with E-state index in [0.29, 0.717) is 29.6 Å². The highest BCUT2D eigenvalue weighted by Gasteiger charge is 2.16. The molecule has 0 aliphatic rings. The van der Waals surface area contributed by atoms with Gasteiger partial charge in [-0.15, -0.1) is 0 Å². The van der Waals surface area contributed by atoms with Crippen molar-refractivity contribution in [3.63, 3.8) is 0 Å². The first-order chi connectivity index (χ1) is 8.43. The summed E-state index contributed by atoms with van der Waals surface area (Å²) in [6.07, 6.45) is 1.68. The summed E-state index contributed by atoms with van der Waals surface area (Å²) in [6.45, 7) is 8.51. The van der Waals surface area contributed by atoms with Crippen LogP contribution >= 0.6 is 0 Å². The molecular formula is C16H24O2. The van der Waals surface area contributed by atoms with Gasteiger partial charge < -0.3 is 4.74 Å². The van der Waals surface area contributed by atoms with Gasteiger partial charge in [-0.3, -0.25) is 4.79 Å². The van der Waals surface area contributed by atoms with Gasteiger partial charge in [0.25, 0.3) is 0 Å². The third-order valence-electron chi connectivity index (χ3n) is 3.07. The number of rotatable bonds is 6. The van der Waals surface area contributed by atoms with Gasteiger partial charge in [0, 0.05) is 6.42 Å². The maximum Gasteiger partial charge on any atom is 0.166 e. The number of carbonyl (C=O) groups excluding carboxylic acids is 1. The molecule has 0 N–H and O–H groups in total. The molecule has 18 heavy (non-hydrogen) atoms. The van der Waals surface area contributed by atoms with E-state index < -0.39 is 0 Å². The second-order valence-electron chi connectivity index (χ2n) is 5.57. The van der Waals surface area contributed by atoms with Crippen molar-refractivity contribution >= 4 is 5.78 Å². The van der Waals surface area contributed by atoms with Crippen molar-refractivity contribution in [3.05, 3.63) is 29.3 Å². The first-order valence-electron chi connectivity index (χ1n) is 6.61. The predicted octanol–water partition coefficient (Wildman–Crippen LogP) is 4.26. The van der Waals surface area contributed by atoms with Crippen molar-refractivity contribution in [2.45, 2.75) is 40.5 Å². The second-order valence-corrected chi connectivity index (χ2v) is 5.57. The number of carbonyl (C=O) groups is 1. The molecule has 0 bridgehead atoms. The molecule has 1 aromatic rings. The molecule has 1 rings (SSSR count).